The Kier molecular flexibility index (Phi) is 7.32. The van der Waals surface area contributed by atoms with Gasteiger partial charge in [-0.1, -0.05) is 23.2 Å². The van der Waals surface area contributed by atoms with Crippen molar-refractivity contribution in [1.82, 2.24) is 19.7 Å². The zero-order valence-corrected chi connectivity index (χ0v) is 23.0. The smallest absolute Gasteiger partial charge is 0.255 e. The summed E-state index contributed by atoms with van der Waals surface area (Å²) < 4.78 is 18.3. The minimum atomic E-state index is -0.723. The number of hydrogen-bond acceptors (Lipinski definition) is 8. The molecule has 5 rings (SSSR count). The van der Waals surface area contributed by atoms with Crippen LogP contribution in [0.2, 0.25) is 10.0 Å². The number of carbonyl (C=O) groups excluding carboxylic acids is 1. The summed E-state index contributed by atoms with van der Waals surface area (Å²) in [6.07, 6.45) is 3.20. The number of allylic oxidation sites excluding steroid dienone is 1. The third-order valence-corrected chi connectivity index (χ3v) is 6.74. The summed E-state index contributed by atoms with van der Waals surface area (Å²) in [6, 6.07) is 11.4. The van der Waals surface area contributed by atoms with Gasteiger partial charge in [0.2, 0.25) is 11.7 Å². The summed E-state index contributed by atoms with van der Waals surface area (Å²) in [7, 11) is 4.59. The van der Waals surface area contributed by atoms with E-state index in [1.807, 2.05) is 0 Å². The van der Waals surface area contributed by atoms with Gasteiger partial charge < -0.3 is 24.8 Å². The van der Waals surface area contributed by atoms with Crippen LogP contribution in [-0.2, 0) is 4.79 Å². The first-order valence-electron chi connectivity index (χ1n) is 11.8. The van der Waals surface area contributed by atoms with Gasteiger partial charge in [-0.3, -0.25) is 9.78 Å². The molecule has 12 heteroatoms. The maximum Gasteiger partial charge on any atom is 0.255 e. The lowest BCUT2D eigenvalue weighted by molar-refractivity contribution is -0.113. The molecule has 0 aliphatic carbocycles. The van der Waals surface area contributed by atoms with E-state index in [-0.39, 0.29) is 5.91 Å². The molecule has 39 heavy (non-hydrogen) atoms. The average Bonchev–Trinajstić information content (AvgIpc) is 3.34. The van der Waals surface area contributed by atoms with Crippen molar-refractivity contribution in [2.75, 3.05) is 32.0 Å². The standard InChI is InChI=1S/C27H24Cl2N6O4/c1-14-22(26(36)32-17-6-5-9-30-13-17)23(15-10-20(37-2)24(39-4)21(11-15)38-3)35-27(31-14)33-25(34-35)18-8-7-16(28)12-19(18)29/h5-13,23H,1-4H3,(H,32,36)(H,31,33,34). The van der Waals surface area contributed by atoms with Crippen molar-refractivity contribution in [2.24, 2.45) is 0 Å². The number of nitrogens with one attached hydrogen (secondary N) is 2. The van der Waals surface area contributed by atoms with Crippen molar-refractivity contribution < 1.29 is 19.0 Å². The van der Waals surface area contributed by atoms with Crippen molar-refractivity contribution in [3.8, 4) is 28.6 Å². The monoisotopic (exact) mass is 566 g/mol. The number of halogens is 2. The number of hydrogen-bond donors (Lipinski definition) is 2. The Morgan fingerprint density at radius 3 is 2.41 bits per heavy atom. The van der Waals surface area contributed by atoms with E-state index in [4.69, 9.17) is 42.5 Å². The maximum atomic E-state index is 13.8. The molecule has 1 aliphatic heterocycles. The van der Waals surface area contributed by atoms with Crippen LogP contribution in [0.5, 0.6) is 17.2 Å². The minimum absolute atomic E-state index is 0.348. The van der Waals surface area contributed by atoms with Crippen LogP contribution in [0.3, 0.4) is 0 Å². The Bertz CT molecular complexity index is 1560. The van der Waals surface area contributed by atoms with Gasteiger partial charge in [0, 0.05) is 22.5 Å². The molecular formula is C27H24Cl2N6O4. The third-order valence-electron chi connectivity index (χ3n) is 6.19. The van der Waals surface area contributed by atoms with Gasteiger partial charge in [0.15, 0.2) is 17.3 Å². The number of aromatic nitrogens is 4. The van der Waals surface area contributed by atoms with E-state index >= 15 is 0 Å². The number of carbonyl (C=O) groups is 1. The number of rotatable bonds is 7. The molecule has 2 aromatic carbocycles. The third kappa shape index (κ3) is 4.96. The maximum absolute atomic E-state index is 13.8. The van der Waals surface area contributed by atoms with Crippen LogP contribution in [0, 0.1) is 0 Å². The zero-order chi connectivity index (χ0) is 27.7. The normalized spacial score (nSPS) is 14.4. The lowest BCUT2D eigenvalue weighted by atomic mass is 9.94. The summed E-state index contributed by atoms with van der Waals surface area (Å²) in [5, 5.41) is 11.8. The van der Waals surface area contributed by atoms with Gasteiger partial charge in [0.05, 0.1) is 43.8 Å². The largest absolute Gasteiger partial charge is 0.493 e. The molecule has 0 saturated carbocycles. The lowest BCUT2D eigenvalue weighted by Gasteiger charge is -2.29. The van der Waals surface area contributed by atoms with Crippen LogP contribution in [-0.4, -0.2) is 47.0 Å². The SMILES string of the molecule is COc1cc(C2C(C(=O)Nc3cccnc3)=C(C)Nc3nc(-c4ccc(Cl)cc4Cl)nn32)cc(OC)c1OC. The van der Waals surface area contributed by atoms with Crippen LogP contribution in [0.1, 0.15) is 18.5 Å². The van der Waals surface area contributed by atoms with E-state index in [0.717, 1.165) is 0 Å². The molecule has 0 fully saturated rings. The molecule has 0 bridgehead atoms. The van der Waals surface area contributed by atoms with E-state index in [9.17, 15) is 4.79 Å². The van der Waals surface area contributed by atoms with Crippen LogP contribution < -0.4 is 24.8 Å². The first-order chi connectivity index (χ1) is 18.8. The zero-order valence-electron chi connectivity index (χ0n) is 21.5. The highest BCUT2D eigenvalue weighted by Gasteiger charge is 2.36. The number of benzene rings is 2. The van der Waals surface area contributed by atoms with Gasteiger partial charge >= 0.3 is 0 Å². The summed E-state index contributed by atoms with van der Waals surface area (Å²) >= 11 is 12.6. The van der Waals surface area contributed by atoms with E-state index in [2.05, 4.69) is 20.6 Å². The fourth-order valence-electron chi connectivity index (χ4n) is 4.43. The molecule has 0 spiro atoms. The molecule has 0 radical (unpaired) electrons. The first-order valence-corrected chi connectivity index (χ1v) is 12.5. The minimum Gasteiger partial charge on any atom is -0.493 e. The number of nitrogens with zero attached hydrogens (tertiary/aromatic N) is 4. The summed E-state index contributed by atoms with van der Waals surface area (Å²) in [6.45, 7) is 1.80. The van der Waals surface area contributed by atoms with Gasteiger partial charge in [-0.2, -0.15) is 4.98 Å². The van der Waals surface area contributed by atoms with Gasteiger partial charge in [-0.05, 0) is 55.0 Å². The molecule has 200 valence electrons. The fraction of sp³-hybridized carbons (Fsp3) is 0.185. The second kappa shape index (κ2) is 10.8. The Morgan fingerprint density at radius 1 is 1.05 bits per heavy atom. The molecule has 2 N–H and O–H groups in total. The second-order valence-electron chi connectivity index (χ2n) is 8.55. The van der Waals surface area contributed by atoms with Gasteiger partial charge in [0.25, 0.3) is 5.91 Å². The van der Waals surface area contributed by atoms with E-state index in [1.165, 1.54) is 21.3 Å². The van der Waals surface area contributed by atoms with Gasteiger partial charge in [0.1, 0.15) is 6.04 Å². The van der Waals surface area contributed by atoms with Gasteiger partial charge in [-0.15, -0.1) is 5.10 Å². The van der Waals surface area contributed by atoms with Crippen molar-refractivity contribution in [1.29, 1.82) is 0 Å². The molecule has 4 aromatic rings. The number of fused-ring (bicyclic) bond motifs is 1. The van der Waals surface area contributed by atoms with Crippen LogP contribution in [0.15, 0.2) is 66.1 Å². The number of amides is 1. The van der Waals surface area contributed by atoms with Crippen LogP contribution >= 0.6 is 23.2 Å². The Balaban J connectivity index is 1.69. The highest BCUT2D eigenvalue weighted by molar-refractivity contribution is 6.36. The van der Waals surface area contributed by atoms with Crippen molar-refractivity contribution in [3.05, 3.63) is 81.7 Å². The molecular weight excluding hydrogens is 543 g/mol. The lowest BCUT2D eigenvalue weighted by Crippen LogP contribution is -2.31. The molecule has 2 aromatic heterocycles. The summed E-state index contributed by atoms with van der Waals surface area (Å²) in [4.78, 5) is 22.5. The predicted octanol–water partition coefficient (Wildman–Crippen LogP) is 5.60. The molecule has 1 atom stereocenters. The van der Waals surface area contributed by atoms with Crippen LogP contribution in [0.25, 0.3) is 11.4 Å². The Morgan fingerprint density at radius 2 is 1.79 bits per heavy atom. The van der Waals surface area contributed by atoms with E-state index in [0.29, 0.717) is 67.2 Å². The number of methoxy groups -OCH3 is 3. The van der Waals surface area contributed by atoms with Crippen molar-refractivity contribution >= 4 is 40.7 Å². The quantitative estimate of drug-likeness (QED) is 0.297. The van der Waals surface area contributed by atoms with E-state index in [1.54, 1.807) is 66.5 Å². The first kappa shape index (κ1) is 26.3. The van der Waals surface area contributed by atoms with Crippen LogP contribution in [0.4, 0.5) is 11.6 Å². The Labute approximate surface area is 234 Å². The summed E-state index contributed by atoms with van der Waals surface area (Å²) in [5.74, 6) is 1.71. The molecule has 1 unspecified atom stereocenters. The molecule has 10 nitrogen and oxygen atoms in total. The molecule has 3 heterocycles. The number of pyridine rings is 1. The second-order valence-corrected chi connectivity index (χ2v) is 9.39. The average molecular weight is 567 g/mol. The van der Waals surface area contributed by atoms with Gasteiger partial charge in [-0.25, -0.2) is 4.68 Å². The topological polar surface area (TPSA) is 112 Å². The van der Waals surface area contributed by atoms with Crippen molar-refractivity contribution in [3.63, 3.8) is 0 Å². The highest BCUT2D eigenvalue weighted by Crippen LogP contribution is 2.44. The molecule has 0 saturated heterocycles. The predicted molar refractivity (Wildman–Crippen MR) is 149 cm³/mol. The van der Waals surface area contributed by atoms with E-state index < -0.39 is 6.04 Å². The Hall–Kier alpha value is -4.28. The number of anilines is 2. The number of ether oxygens (including phenoxy) is 3. The van der Waals surface area contributed by atoms with Crippen molar-refractivity contribution in [2.45, 2.75) is 13.0 Å². The fourth-order valence-corrected chi connectivity index (χ4v) is 4.93. The summed E-state index contributed by atoms with van der Waals surface area (Å²) in [5.41, 5.74) is 2.78. The molecule has 1 aliphatic rings. The molecule has 1 amide bonds. The highest BCUT2D eigenvalue weighted by atomic mass is 35.5.